The molecule has 0 aromatic heterocycles. The van der Waals surface area contributed by atoms with Crippen LogP contribution in [0.5, 0.6) is 5.75 Å². The molecule has 0 bridgehead atoms. The third-order valence-corrected chi connectivity index (χ3v) is 11.7. The molecular formula is C38H46N7O12PS. The summed E-state index contributed by atoms with van der Waals surface area (Å²) >= 11 is 0. The number of carbonyl (C=O) groups is 7. The smallest absolute Gasteiger partial charge is 0.404 e. The Labute approximate surface area is 340 Å². The van der Waals surface area contributed by atoms with Gasteiger partial charge in [-0.25, -0.2) is 4.57 Å². The summed E-state index contributed by atoms with van der Waals surface area (Å²) in [6.07, 6.45) is 0.810. The van der Waals surface area contributed by atoms with Gasteiger partial charge in [-0.3, -0.25) is 47.6 Å². The Bertz CT molecular complexity index is 2180. The highest BCUT2D eigenvalue weighted by Gasteiger charge is 2.44. The molecule has 19 nitrogen and oxygen atoms in total. The second-order valence-electron chi connectivity index (χ2n) is 14.5. The van der Waals surface area contributed by atoms with Crippen molar-refractivity contribution >= 4 is 70.7 Å². The van der Waals surface area contributed by atoms with E-state index in [1.165, 1.54) is 24.3 Å². The van der Waals surface area contributed by atoms with E-state index in [9.17, 15) is 42.3 Å². The first-order valence-corrected chi connectivity index (χ1v) is 21.7. The van der Waals surface area contributed by atoms with Crippen molar-refractivity contribution in [3.05, 3.63) is 77.9 Å². The maximum Gasteiger partial charge on any atom is 0.524 e. The van der Waals surface area contributed by atoms with E-state index in [0.29, 0.717) is 30.4 Å². The van der Waals surface area contributed by atoms with E-state index in [1.54, 1.807) is 12.1 Å². The molecule has 1 spiro atoms. The van der Waals surface area contributed by atoms with Crippen LogP contribution in [0.25, 0.3) is 10.8 Å². The molecular weight excluding hydrogens is 809 g/mol. The van der Waals surface area contributed by atoms with E-state index in [1.807, 2.05) is 30.3 Å². The predicted molar refractivity (Wildman–Crippen MR) is 213 cm³/mol. The molecule has 1 aliphatic carbocycles. The topological polar surface area (TPSA) is 316 Å². The van der Waals surface area contributed by atoms with Crippen LogP contribution in [0.15, 0.2) is 66.7 Å². The Hall–Kier alpha value is -5.69. The molecule has 0 radical (unpaired) electrons. The maximum absolute atomic E-state index is 14.3. The number of nitrogens with two attached hydrogens (primary N) is 2. The van der Waals surface area contributed by atoms with E-state index in [-0.39, 0.29) is 31.4 Å². The minimum absolute atomic E-state index is 0.107. The molecule has 316 valence electrons. The van der Waals surface area contributed by atoms with Crippen molar-refractivity contribution in [2.45, 2.75) is 81.1 Å². The third-order valence-electron chi connectivity index (χ3n) is 9.96. The van der Waals surface area contributed by atoms with Crippen molar-refractivity contribution in [2.75, 3.05) is 11.5 Å². The number of hydrogen-bond donors (Lipinski definition) is 9. The molecule has 1 saturated heterocycles. The van der Waals surface area contributed by atoms with Crippen LogP contribution in [-0.4, -0.2) is 96.6 Å². The summed E-state index contributed by atoms with van der Waals surface area (Å²) < 4.78 is 29.2. The van der Waals surface area contributed by atoms with Gasteiger partial charge < -0.3 is 42.6 Å². The predicted octanol–water partition coefficient (Wildman–Crippen LogP) is -1.02. The molecule has 3 aromatic rings. The van der Waals surface area contributed by atoms with Gasteiger partial charge in [0.25, 0.3) is 0 Å². The second kappa shape index (κ2) is 19.4. The van der Waals surface area contributed by atoms with Gasteiger partial charge in [-0.2, -0.15) is 0 Å². The van der Waals surface area contributed by atoms with Gasteiger partial charge in [-0.1, -0.05) is 73.9 Å². The zero-order chi connectivity index (χ0) is 42.9. The Morgan fingerprint density at radius 1 is 0.763 bits per heavy atom. The lowest BCUT2D eigenvalue weighted by Gasteiger charge is -2.38. The molecule has 2 aliphatic rings. The third kappa shape index (κ3) is 12.6. The number of amides is 7. The fourth-order valence-corrected chi connectivity index (χ4v) is 8.55. The van der Waals surface area contributed by atoms with Crippen molar-refractivity contribution in [2.24, 2.45) is 11.5 Å². The van der Waals surface area contributed by atoms with Crippen molar-refractivity contribution in [1.82, 2.24) is 26.6 Å². The largest absolute Gasteiger partial charge is 0.524 e. The van der Waals surface area contributed by atoms with Crippen LogP contribution in [0, 0.1) is 0 Å². The highest BCUT2D eigenvalue weighted by atomic mass is 32.2. The molecule has 1 heterocycles. The van der Waals surface area contributed by atoms with Gasteiger partial charge in [0.2, 0.25) is 41.4 Å². The molecule has 5 atom stereocenters. The van der Waals surface area contributed by atoms with Gasteiger partial charge in [0.1, 0.15) is 41.2 Å². The summed E-state index contributed by atoms with van der Waals surface area (Å²) in [6, 6.07) is 11.9. The average molecular weight is 856 g/mol. The number of hydrogen-bond acceptors (Lipinski definition) is 10. The minimum Gasteiger partial charge on any atom is -0.404 e. The quantitative estimate of drug-likeness (QED) is 0.117. The number of carbonyl (C=O) groups excluding carboxylic acids is 7. The zero-order valence-corrected chi connectivity index (χ0v) is 33.4. The number of nitrogens with one attached hydrogen (secondary N) is 5. The molecule has 1 saturated carbocycles. The average Bonchev–Trinajstić information content (AvgIpc) is 3.16. The number of phosphoric ester groups is 1. The molecule has 3 aromatic carbocycles. The molecule has 59 heavy (non-hydrogen) atoms. The van der Waals surface area contributed by atoms with Gasteiger partial charge >= 0.3 is 7.82 Å². The summed E-state index contributed by atoms with van der Waals surface area (Å²) in [6.45, 7) is 0. The van der Waals surface area contributed by atoms with Crippen LogP contribution in [0.2, 0.25) is 0 Å². The van der Waals surface area contributed by atoms with Crippen molar-refractivity contribution in [3.63, 3.8) is 0 Å². The summed E-state index contributed by atoms with van der Waals surface area (Å²) in [5.74, 6) is -8.08. The van der Waals surface area contributed by atoms with E-state index in [4.69, 9.17) is 21.3 Å². The number of rotatable bonds is 9. The monoisotopic (exact) mass is 855 g/mol. The van der Waals surface area contributed by atoms with Crippen LogP contribution >= 0.6 is 7.82 Å². The van der Waals surface area contributed by atoms with Crippen molar-refractivity contribution in [3.8, 4) is 5.75 Å². The lowest BCUT2D eigenvalue weighted by atomic mass is 9.80. The summed E-state index contributed by atoms with van der Waals surface area (Å²) in [7, 11) is -7.04. The van der Waals surface area contributed by atoms with E-state index < -0.39 is 108 Å². The van der Waals surface area contributed by atoms with Crippen molar-refractivity contribution in [1.29, 1.82) is 0 Å². The SMILES string of the molecule is NC(=O)C[C@H]1NC(=O)C2(CCCCC2)NC(=O)[C@@H](Cc2ccc(OP(=O)(O)O)cc2)NC(=O)C[S@](=O)C[C@H](C(N)=O)NC(=O)[C@@H](Cc2ccc3ccccc3c2)NC1=O. The van der Waals surface area contributed by atoms with Gasteiger partial charge in [-0.15, -0.1) is 0 Å². The fraction of sp³-hybridized carbons (Fsp3) is 0.395. The van der Waals surface area contributed by atoms with Crippen LogP contribution in [0.3, 0.4) is 0 Å². The molecule has 2 fully saturated rings. The Morgan fingerprint density at radius 2 is 1.37 bits per heavy atom. The fourth-order valence-electron chi connectivity index (χ4n) is 7.04. The van der Waals surface area contributed by atoms with Crippen LogP contribution in [0.1, 0.15) is 49.7 Å². The van der Waals surface area contributed by atoms with Gasteiger partial charge in [0.15, 0.2) is 0 Å². The highest BCUT2D eigenvalue weighted by Crippen LogP contribution is 2.37. The number of fused-ring (bicyclic) bond motifs is 1. The molecule has 11 N–H and O–H groups in total. The standard InChI is InChI=1S/C38H46N7O12PS/c39-31(46)19-29-35(50)42-27(18-23-8-11-24-6-2-3-7-25(24)16-23)34(49)43-30(33(40)48)20-59(56)21-32(47)41-28(17-22-9-12-26(13-10-22)57-58(53,54)55)36(51)45-38(37(52)44-29)14-4-1-5-15-38/h2-3,6-13,16,27-30H,1,4-5,14-15,17-21H2,(H2,39,46)(H2,40,48)(H,41,47)(H,42,50)(H,43,49)(H,44,52)(H,45,51)(H2,53,54,55)/t27-,28-,29-,30-,59-/m1/s1. The molecule has 21 heteroatoms. The van der Waals surface area contributed by atoms with Crippen molar-refractivity contribution < 1.29 is 56.6 Å². The van der Waals surface area contributed by atoms with E-state index in [2.05, 4.69) is 31.1 Å². The number of benzene rings is 3. The van der Waals surface area contributed by atoms with E-state index >= 15 is 0 Å². The van der Waals surface area contributed by atoms with Crippen LogP contribution < -0.4 is 42.6 Å². The lowest BCUT2D eigenvalue weighted by Crippen LogP contribution is -2.66. The van der Waals surface area contributed by atoms with Gasteiger partial charge in [0.05, 0.1) is 12.2 Å². The van der Waals surface area contributed by atoms with E-state index in [0.717, 1.165) is 10.8 Å². The molecule has 7 amide bonds. The second-order valence-corrected chi connectivity index (χ2v) is 17.2. The summed E-state index contributed by atoms with van der Waals surface area (Å²) in [4.78, 5) is 113. The number of phosphoric acid groups is 1. The summed E-state index contributed by atoms with van der Waals surface area (Å²) in [5.41, 5.74) is 10.4. The zero-order valence-electron chi connectivity index (χ0n) is 31.7. The summed E-state index contributed by atoms with van der Waals surface area (Å²) in [5, 5.41) is 14.6. The highest BCUT2D eigenvalue weighted by molar-refractivity contribution is 7.85. The first-order valence-electron chi connectivity index (χ1n) is 18.7. The normalized spacial score (nSPS) is 23.7. The van der Waals surface area contributed by atoms with Crippen LogP contribution in [0.4, 0.5) is 0 Å². The van der Waals surface area contributed by atoms with Crippen LogP contribution in [-0.2, 0) is 61.8 Å². The molecule has 5 rings (SSSR count). The Balaban J connectivity index is 1.50. The Morgan fingerprint density at radius 3 is 2.02 bits per heavy atom. The Kier molecular flexibility index (Phi) is 14.6. The first kappa shape index (κ1) is 44.4. The van der Waals surface area contributed by atoms with Gasteiger partial charge in [-0.05, 0) is 46.9 Å². The first-order chi connectivity index (χ1) is 27.9. The lowest BCUT2D eigenvalue weighted by molar-refractivity contribution is -0.139. The number of primary amides is 2. The molecule has 0 unspecified atom stereocenters. The minimum atomic E-state index is -4.88. The maximum atomic E-state index is 14.3. The van der Waals surface area contributed by atoms with Gasteiger partial charge in [0, 0.05) is 23.6 Å². The molecule has 1 aliphatic heterocycles.